The van der Waals surface area contributed by atoms with E-state index < -0.39 is 0 Å². The second-order valence-corrected chi connectivity index (χ2v) is 7.17. The average Bonchev–Trinajstić information content (AvgIpc) is 2.62. The Morgan fingerprint density at radius 1 is 1.00 bits per heavy atom. The van der Waals surface area contributed by atoms with Crippen molar-refractivity contribution in [1.82, 2.24) is 20.2 Å². The van der Waals surface area contributed by atoms with Gasteiger partial charge in [0.2, 0.25) is 6.41 Å². The van der Waals surface area contributed by atoms with Crippen LogP contribution in [0.25, 0.3) is 0 Å². The third kappa shape index (κ3) is 10.5. The monoisotopic (exact) mass is 372 g/mol. The minimum atomic E-state index is 0.559. The molecule has 0 saturated carbocycles. The summed E-state index contributed by atoms with van der Waals surface area (Å²) in [5.74, 6) is 1.15. The zero-order valence-electron chi connectivity index (χ0n) is 18.2. The van der Waals surface area contributed by atoms with E-state index in [2.05, 4.69) is 81.0 Å². The molecule has 2 aromatic heterocycles. The number of nitrogens with zero attached hydrogens (tertiary/aromatic N) is 3. The second-order valence-electron chi connectivity index (χ2n) is 7.17. The maximum atomic E-state index is 9.06. The third-order valence-electron chi connectivity index (χ3n) is 3.80. The summed E-state index contributed by atoms with van der Waals surface area (Å²) in [6.07, 6.45) is 4.33. The van der Waals surface area contributed by atoms with Crippen LogP contribution in [-0.2, 0) is 11.3 Å². The Hall–Kier alpha value is -2.27. The Balaban J connectivity index is 0.000000428. The molecule has 0 spiro atoms. The highest BCUT2D eigenvalue weighted by atomic mass is 16.1. The smallest absolute Gasteiger partial charge is 0.206 e. The molecule has 0 unspecified atom stereocenters. The number of aryl methyl sites for hydroxylation is 1. The molecular formula is C22H36N4O. The number of hydrogen-bond donors (Lipinski definition) is 1. The van der Waals surface area contributed by atoms with Crippen molar-refractivity contribution in [2.45, 2.75) is 53.0 Å². The van der Waals surface area contributed by atoms with Crippen LogP contribution in [0, 0.1) is 6.92 Å². The van der Waals surface area contributed by atoms with Crippen LogP contribution in [0.5, 0.6) is 0 Å². The Kier molecular flexibility index (Phi) is 12.7. The molecule has 0 aliphatic heterocycles. The van der Waals surface area contributed by atoms with E-state index in [1.807, 2.05) is 24.5 Å². The lowest BCUT2D eigenvalue weighted by atomic mass is 10.0. The average molecular weight is 373 g/mol. The molecule has 0 radical (unpaired) electrons. The number of rotatable bonds is 5. The van der Waals surface area contributed by atoms with Gasteiger partial charge in [-0.3, -0.25) is 14.8 Å². The highest BCUT2D eigenvalue weighted by Gasteiger charge is 2.07. The molecule has 0 aliphatic rings. The zero-order valence-corrected chi connectivity index (χ0v) is 18.2. The van der Waals surface area contributed by atoms with Crippen molar-refractivity contribution >= 4 is 6.41 Å². The molecule has 27 heavy (non-hydrogen) atoms. The number of carbonyl (C=O) groups is 1. The Morgan fingerprint density at radius 3 is 1.85 bits per heavy atom. The molecule has 0 fully saturated rings. The first-order valence-electron chi connectivity index (χ1n) is 9.35. The Morgan fingerprint density at radius 2 is 1.48 bits per heavy atom. The molecule has 0 saturated heterocycles. The standard InChI is InChI=1S/C11H18N2.C9H13N.C2H5NO/c1-9(2)10-6-5-7-12-11(10)8-13(3)4;1-7(2)9-5-4-6-10-8(9)3;1-3-2-4/h5-7,9H,8H2,1-4H3;4-7H,1-3H3;2H,1H3,(H,3,4). The van der Waals surface area contributed by atoms with Crippen LogP contribution in [0.4, 0.5) is 0 Å². The fourth-order valence-corrected chi connectivity index (χ4v) is 2.51. The van der Waals surface area contributed by atoms with E-state index in [0.29, 0.717) is 18.2 Å². The third-order valence-corrected chi connectivity index (χ3v) is 3.80. The molecule has 5 nitrogen and oxygen atoms in total. The van der Waals surface area contributed by atoms with Crippen LogP contribution in [0.1, 0.15) is 62.0 Å². The van der Waals surface area contributed by atoms with E-state index in [1.54, 1.807) is 7.05 Å². The van der Waals surface area contributed by atoms with Gasteiger partial charge in [0, 0.05) is 31.7 Å². The number of aromatic nitrogens is 2. The summed E-state index contributed by atoms with van der Waals surface area (Å²) in [5.41, 5.74) is 5.05. The van der Waals surface area contributed by atoms with Crippen LogP contribution in [0.15, 0.2) is 36.7 Å². The maximum absolute atomic E-state index is 9.06. The number of hydrogen-bond acceptors (Lipinski definition) is 4. The summed E-state index contributed by atoms with van der Waals surface area (Å²) in [4.78, 5) is 19.8. The first kappa shape index (κ1) is 24.7. The number of nitrogens with one attached hydrogen (secondary N) is 1. The van der Waals surface area contributed by atoms with E-state index >= 15 is 0 Å². The number of amides is 1. The van der Waals surface area contributed by atoms with Gasteiger partial charge in [0.15, 0.2) is 0 Å². The fourth-order valence-electron chi connectivity index (χ4n) is 2.51. The summed E-state index contributed by atoms with van der Waals surface area (Å²) in [7, 11) is 5.70. The zero-order chi connectivity index (χ0) is 20.8. The predicted molar refractivity (Wildman–Crippen MR) is 114 cm³/mol. The van der Waals surface area contributed by atoms with E-state index in [4.69, 9.17) is 4.79 Å². The summed E-state index contributed by atoms with van der Waals surface area (Å²) in [6.45, 7) is 11.8. The minimum Gasteiger partial charge on any atom is -0.362 e. The van der Waals surface area contributed by atoms with Crippen LogP contribution < -0.4 is 5.32 Å². The number of carbonyl (C=O) groups excluding carboxylic acids is 1. The van der Waals surface area contributed by atoms with E-state index in [9.17, 15) is 0 Å². The highest BCUT2D eigenvalue weighted by Crippen LogP contribution is 2.17. The van der Waals surface area contributed by atoms with Crippen molar-refractivity contribution in [3.8, 4) is 0 Å². The lowest BCUT2D eigenvalue weighted by molar-refractivity contribution is -0.109. The van der Waals surface area contributed by atoms with Crippen molar-refractivity contribution in [2.75, 3.05) is 21.1 Å². The molecule has 2 heterocycles. The van der Waals surface area contributed by atoms with Crippen molar-refractivity contribution in [1.29, 1.82) is 0 Å². The molecule has 0 aromatic carbocycles. The van der Waals surface area contributed by atoms with Gasteiger partial charge in [-0.1, -0.05) is 39.8 Å². The van der Waals surface area contributed by atoms with Gasteiger partial charge in [0.1, 0.15) is 0 Å². The van der Waals surface area contributed by atoms with Crippen molar-refractivity contribution in [3.05, 3.63) is 59.2 Å². The van der Waals surface area contributed by atoms with Crippen LogP contribution in [-0.4, -0.2) is 42.4 Å². The van der Waals surface area contributed by atoms with E-state index in [1.165, 1.54) is 16.8 Å². The van der Waals surface area contributed by atoms with Crippen molar-refractivity contribution < 1.29 is 4.79 Å². The first-order chi connectivity index (χ1) is 12.7. The topological polar surface area (TPSA) is 58.1 Å². The Labute approximate surface area is 165 Å². The largest absolute Gasteiger partial charge is 0.362 e. The highest BCUT2D eigenvalue weighted by molar-refractivity contribution is 5.44. The van der Waals surface area contributed by atoms with Crippen LogP contribution >= 0.6 is 0 Å². The Bertz CT molecular complexity index is 654. The molecule has 2 rings (SSSR count). The normalized spacial score (nSPS) is 10.0. The summed E-state index contributed by atoms with van der Waals surface area (Å²) < 4.78 is 0. The van der Waals surface area contributed by atoms with Gasteiger partial charge < -0.3 is 10.2 Å². The first-order valence-corrected chi connectivity index (χ1v) is 9.35. The number of pyridine rings is 2. The van der Waals surface area contributed by atoms with Crippen LogP contribution in [0.3, 0.4) is 0 Å². The lowest BCUT2D eigenvalue weighted by Crippen LogP contribution is -2.14. The van der Waals surface area contributed by atoms with Gasteiger partial charge >= 0.3 is 0 Å². The molecule has 5 heteroatoms. The fraction of sp³-hybridized carbons (Fsp3) is 0.500. The predicted octanol–water partition coefficient (Wildman–Crippen LogP) is 4.14. The van der Waals surface area contributed by atoms with Gasteiger partial charge in [0.25, 0.3) is 0 Å². The van der Waals surface area contributed by atoms with Crippen molar-refractivity contribution in [3.63, 3.8) is 0 Å². The second kappa shape index (κ2) is 13.9. The minimum absolute atomic E-state index is 0.559. The molecule has 0 aliphatic carbocycles. The van der Waals surface area contributed by atoms with Gasteiger partial charge in [-0.25, -0.2) is 0 Å². The summed E-state index contributed by atoms with van der Waals surface area (Å²) in [6, 6.07) is 8.29. The molecule has 0 bridgehead atoms. The van der Waals surface area contributed by atoms with Crippen LogP contribution in [0.2, 0.25) is 0 Å². The van der Waals surface area contributed by atoms with Gasteiger partial charge in [-0.15, -0.1) is 0 Å². The summed E-state index contributed by atoms with van der Waals surface area (Å²) >= 11 is 0. The van der Waals surface area contributed by atoms with Gasteiger partial charge in [-0.2, -0.15) is 0 Å². The summed E-state index contributed by atoms with van der Waals surface area (Å²) in [5, 5.41) is 2.25. The molecule has 0 atom stereocenters. The lowest BCUT2D eigenvalue weighted by Gasteiger charge is -2.14. The van der Waals surface area contributed by atoms with Crippen molar-refractivity contribution in [2.24, 2.45) is 0 Å². The molecule has 1 N–H and O–H groups in total. The molecular weight excluding hydrogens is 336 g/mol. The van der Waals surface area contributed by atoms with Gasteiger partial charge in [0.05, 0.1) is 5.69 Å². The quantitative estimate of drug-likeness (QED) is 0.801. The molecule has 150 valence electrons. The molecule has 1 amide bonds. The maximum Gasteiger partial charge on any atom is 0.206 e. The van der Waals surface area contributed by atoms with E-state index in [0.717, 1.165) is 12.2 Å². The van der Waals surface area contributed by atoms with E-state index in [-0.39, 0.29) is 0 Å². The molecule has 2 aromatic rings. The van der Waals surface area contributed by atoms with Gasteiger partial charge in [-0.05, 0) is 56.1 Å². The SMILES string of the molecule is CC(C)c1cccnc1CN(C)C.CNC=O.Cc1ncccc1C(C)C.